The Bertz CT molecular complexity index is 1200. The minimum Gasteiger partial charge on any atom is -0.507 e. The molecule has 0 spiro atoms. The summed E-state index contributed by atoms with van der Waals surface area (Å²) in [6.07, 6.45) is 1.49. The number of likely N-dealkylation sites (tertiary alicyclic amines) is 1. The molecule has 7 nitrogen and oxygen atoms in total. The van der Waals surface area contributed by atoms with Crippen LogP contribution in [0.15, 0.2) is 70.9 Å². The number of aliphatic hydroxyl groups excluding tert-OH is 1. The first kappa shape index (κ1) is 21.5. The third kappa shape index (κ3) is 3.83. The summed E-state index contributed by atoms with van der Waals surface area (Å²) in [5.74, 6) is -0.386. The van der Waals surface area contributed by atoms with Crippen LogP contribution in [-0.2, 0) is 16.1 Å². The summed E-state index contributed by atoms with van der Waals surface area (Å²) < 4.78 is 15.9. The Hall–Kier alpha value is -3.71. The molecule has 1 unspecified atom stereocenters. The molecule has 1 N–H and O–H groups in total. The van der Waals surface area contributed by atoms with Crippen molar-refractivity contribution >= 4 is 29.1 Å². The summed E-state index contributed by atoms with van der Waals surface area (Å²) >= 11 is 6.21. The van der Waals surface area contributed by atoms with Gasteiger partial charge in [-0.1, -0.05) is 23.7 Å². The number of amides is 1. The van der Waals surface area contributed by atoms with Gasteiger partial charge >= 0.3 is 0 Å². The van der Waals surface area contributed by atoms with Crippen LogP contribution in [0, 0.1) is 0 Å². The smallest absolute Gasteiger partial charge is 0.296 e. The zero-order valence-corrected chi connectivity index (χ0v) is 18.1. The lowest BCUT2D eigenvalue weighted by Crippen LogP contribution is -2.29. The van der Waals surface area contributed by atoms with E-state index in [-0.39, 0.29) is 22.9 Å². The number of aliphatic hydroxyl groups is 1. The van der Waals surface area contributed by atoms with Crippen molar-refractivity contribution in [2.75, 3.05) is 14.2 Å². The molecule has 0 saturated carbocycles. The number of ketones is 1. The Morgan fingerprint density at radius 3 is 2.56 bits per heavy atom. The van der Waals surface area contributed by atoms with E-state index in [1.54, 1.807) is 48.5 Å². The molecule has 1 fully saturated rings. The van der Waals surface area contributed by atoms with Gasteiger partial charge in [0.05, 0.1) is 43.7 Å². The SMILES string of the molecule is COc1cccc(C2/C(=C(/O)c3ccc(OC)c(Cl)c3)C(=O)C(=O)N2Cc2ccco2)c1. The van der Waals surface area contributed by atoms with Crippen LogP contribution in [0.3, 0.4) is 0 Å². The Kier molecular flexibility index (Phi) is 5.92. The second kappa shape index (κ2) is 8.80. The van der Waals surface area contributed by atoms with E-state index < -0.39 is 17.7 Å². The molecule has 1 atom stereocenters. The van der Waals surface area contributed by atoms with Crippen LogP contribution < -0.4 is 9.47 Å². The average molecular weight is 454 g/mol. The van der Waals surface area contributed by atoms with Crippen molar-refractivity contribution in [2.24, 2.45) is 0 Å². The maximum atomic E-state index is 13.1. The zero-order valence-electron chi connectivity index (χ0n) is 17.4. The summed E-state index contributed by atoms with van der Waals surface area (Å²) in [6.45, 7) is 0.0552. The molecule has 0 bridgehead atoms. The normalized spacial score (nSPS) is 17.6. The van der Waals surface area contributed by atoms with E-state index >= 15 is 0 Å². The Morgan fingerprint density at radius 2 is 1.91 bits per heavy atom. The van der Waals surface area contributed by atoms with Gasteiger partial charge < -0.3 is 23.9 Å². The monoisotopic (exact) mass is 453 g/mol. The largest absolute Gasteiger partial charge is 0.507 e. The van der Waals surface area contributed by atoms with E-state index in [0.717, 1.165) is 0 Å². The molecule has 164 valence electrons. The van der Waals surface area contributed by atoms with Gasteiger partial charge in [0, 0.05) is 5.56 Å². The van der Waals surface area contributed by atoms with Crippen molar-refractivity contribution in [3.8, 4) is 11.5 Å². The van der Waals surface area contributed by atoms with Gasteiger partial charge in [-0.25, -0.2) is 0 Å². The molecule has 1 amide bonds. The van der Waals surface area contributed by atoms with E-state index in [2.05, 4.69) is 0 Å². The van der Waals surface area contributed by atoms with Gasteiger partial charge in [0.15, 0.2) is 0 Å². The van der Waals surface area contributed by atoms with E-state index in [1.807, 2.05) is 0 Å². The van der Waals surface area contributed by atoms with E-state index in [1.165, 1.54) is 31.4 Å². The maximum Gasteiger partial charge on any atom is 0.296 e. The number of rotatable bonds is 6. The summed E-state index contributed by atoms with van der Waals surface area (Å²) in [5.41, 5.74) is 0.854. The topological polar surface area (TPSA) is 89.2 Å². The van der Waals surface area contributed by atoms with Gasteiger partial charge in [-0.15, -0.1) is 0 Å². The predicted octanol–water partition coefficient (Wildman–Crippen LogP) is 4.57. The molecule has 0 aliphatic carbocycles. The summed E-state index contributed by atoms with van der Waals surface area (Å²) in [6, 6.07) is 14.2. The predicted molar refractivity (Wildman–Crippen MR) is 118 cm³/mol. The highest BCUT2D eigenvalue weighted by atomic mass is 35.5. The van der Waals surface area contributed by atoms with Crippen molar-refractivity contribution in [2.45, 2.75) is 12.6 Å². The van der Waals surface area contributed by atoms with Crippen LogP contribution in [0.5, 0.6) is 11.5 Å². The quantitative estimate of drug-likeness (QED) is 0.334. The van der Waals surface area contributed by atoms with Crippen molar-refractivity contribution in [3.05, 3.63) is 88.3 Å². The Labute approximate surface area is 189 Å². The summed E-state index contributed by atoms with van der Waals surface area (Å²) in [4.78, 5) is 27.4. The van der Waals surface area contributed by atoms with Crippen LogP contribution >= 0.6 is 11.6 Å². The van der Waals surface area contributed by atoms with Crippen LogP contribution in [0.1, 0.15) is 22.9 Å². The molecule has 8 heteroatoms. The number of ether oxygens (including phenoxy) is 2. The second-order valence-corrected chi connectivity index (χ2v) is 7.54. The van der Waals surface area contributed by atoms with E-state index in [0.29, 0.717) is 28.4 Å². The molecular formula is C24H20ClNO6. The van der Waals surface area contributed by atoms with Crippen molar-refractivity contribution < 1.29 is 28.6 Å². The Morgan fingerprint density at radius 1 is 1.09 bits per heavy atom. The molecule has 1 saturated heterocycles. The summed E-state index contributed by atoms with van der Waals surface area (Å²) in [5, 5.41) is 11.4. The first-order valence-corrected chi connectivity index (χ1v) is 10.1. The number of carbonyl (C=O) groups is 2. The zero-order chi connectivity index (χ0) is 22.8. The fourth-order valence-electron chi connectivity index (χ4n) is 3.74. The van der Waals surface area contributed by atoms with Crippen molar-refractivity contribution in [1.82, 2.24) is 4.90 Å². The van der Waals surface area contributed by atoms with E-state index in [9.17, 15) is 14.7 Å². The molecule has 4 rings (SSSR count). The fourth-order valence-corrected chi connectivity index (χ4v) is 4.00. The number of Topliss-reactive ketones (excluding diaryl/α,β-unsaturated/α-hetero) is 1. The molecule has 1 aliphatic heterocycles. The molecule has 32 heavy (non-hydrogen) atoms. The van der Waals surface area contributed by atoms with E-state index in [4.69, 9.17) is 25.5 Å². The fraction of sp³-hybridized carbons (Fsp3) is 0.167. The van der Waals surface area contributed by atoms with Gasteiger partial charge in [0.1, 0.15) is 23.0 Å². The maximum absolute atomic E-state index is 13.1. The van der Waals surface area contributed by atoms with Gasteiger partial charge in [-0.3, -0.25) is 9.59 Å². The van der Waals surface area contributed by atoms with Crippen LogP contribution in [0.4, 0.5) is 0 Å². The lowest BCUT2D eigenvalue weighted by atomic mass is 9.95. The standard InChI is InChI=1S/C24H20ClNO6/c1-30-16-6-3-5-14(11-16)21-20(22(27)15-8-9-19(31-2)18(25)12-15)23(28)24(29)26(21)13-17-7-4-10-32-17/h3-12,21,27H,13H2,1-2H3/b22-20-. The molecule has 2 heterocycles. The molecular weight excluding hydrogens is 434 g/mol. The second-order valence-electron chi connectivity index (χ2n) is 7.13. The van der Waals surface area contributed by atoms with Gasteiger partial charge in [0.2, 0.25) is 0 Å². The average Bonchev–Trinajstić information content (AvgIpc) is 3.41. The van der Waals surface area contributed by atoms with Crippen LogP contribution in [0.25, 0.3) is 5.76 Å². The van der Waals surface area contributed by atoms with Crippen molar-refractivity contribution in [1.29, 1.82) is 0 Å². The van der Waals surface area contributed by atoms with Gasteiger partial charge in [0.25, 0.3) is 11.7 Å². The highest BCUT2D eigenvalue weighted by Gasteiger charge is 2.46. The lowest BCUT2D eigenvalue weighted by Gasteiger charge is -2.24. The third-order valence-electron chi connectivity index (χ3n) is 5.28. The number of methoxy groups -OCH3 is 2. The molecule has 1 aromatic heterocycles. The molecule has 3 aromatic rings. The number of nitrogens with zero attached hydrogens (tertiary/aromatic N) is 1. The molecule has 0 radical (unpaired) electrons. The highest BCUT2D eigenvalue weighted by molar-refractivity contribution is 6.46. The number of halogens is 1. The number of benzene rings is 2. The molecule has 2 aromatic carbocycles. The highest BCUT2D eigenvalue weighted by Crippen LogP contribution is 2.41. The number of hydrogen-bond donors (Lipinski definition) is 1. The number of hydrogen-bond acceptors (Lipinski definition) is 6. The Balaban J connectivity index is 1.88. The third-order valence-corrected chi connectivity index (χ3v) is 5.58. The van der Waals surface area contributed by atoms with Crippen LogP contribution in [0.2, 0.25) is 5.02 Å². The van der Waals surface area contributed by atoms with Gasteiger partial charge in [-0.2, -0.15) is 0 Å². The van der Waals surface area contributed by atoms with Crippen molar-refractivity contribution in [3.63, 3.8) is 0 Å². The van der Waals surface area contributed by atoms with Gasteiger partial charge in [-0.05, 0) is 48.0 Å². The van der Waals surface area contributed by atoms with Crippen LogP contribution in [-0.4, -0.2) is 35.9 Å². The molecule has 1 aliphatic rings. The summed E-state index contributed by atoms with van der Waals surface area (Å²) in [7, 11) is 3.00. The minimum absolute atomic E-state index is 0.0453. The number of furan rings is 1. The first-order chi connectivity index (χ1) is 15.4. The lowest BCUT2D eigenvalue weighted by molar-refractivity contribution is -0.140. The number of carbonyl (C=O) groups excluding carboxylic acids is 2. The minimum atomic E-state index is -0.851. The first-order valence-electron chi connectivity index (χ1n) is 9.73.